The summed E-state index contributed by atoms with van der Waals surface area (Å²) in [5, 5.41) is 7.42. The largest absolute Gasteiger partial charge is 0.423 e. The Morgan fingerprint density at radius 2 is 2.00 bits per heavy atom. The van der Waals surface area contributed by atoms with Crippen molar-refractivity contribution in [3.8, 4) is 17.4 Å². The van der Waals surface area contributed by atoms with Gasteiger partial charge in [-0.05, 0) is 25.1 Å². The molecule has 0 unspecified atom stereocenters. The highest BCUT2D eigenvalue weighted by molar-refractivity contribution is 5.41. The van der Waals surface area contributed by atoms with E-state index < -0.39 is 0 Å². The van der Waals surface area contributed by atoms with E-state index in [9.17, 15) is 0 Å². The van der Waals surface area contributed by atoms with Crippen molar-refractivity contribution in [1.82, 2.24) is 19.7 Å². The second-order valence-electron chi connectivity index (χ2n) is 4.32. The maximum atomic E-state index is 5.64. The fourth-order valence-corrected chi connectivity index (χ4v) is 1.86. The molecule has 0 bridgehead atoms. The summed E-state index contributed by atoms with van der Waals surface area (Å²) in [5.74, 6) is 1.41. The predicted molar refractivity (Wildman–Crippen MR) is 79.8 cm³/mol. The van der Waals surface area contributed by atoms with E-state index in [2.05, 4.69) is 20.4 Å². The van der Waals surface area contributed by atoms with Crippen LogP contribution in [-0.2, 0) is 0 Å². The number of hydrogen-bond acceptors (Lipinski definition) is 5. The first-order chi connectivity index (χ1) is 10.3. The van der Waals surface area contributed by atoms with Gasteiger partial charge in [0.05, 0.1) is 5.69 Å². The van der Waals surface area contributed by atoms with Crippen LogP contribution < -0.4 is 10.1 Å². The van der Waals surface area contributed by atoms with Gasteiger partial charge < -0.3 is 10.1 Å². The van der Waals surface area contributed by atoms with Crippen molar-refractivity contribution in [3.05, 3.63) is 55.0 Å². The number of nitrogens with one attached hydrogen (secondary N) is 1. The molecule has 0 radical (unpaired) electrons. The molecule has 2 heterocycles. The monoisotopic (exact) mass is 281 g/mol. The quantitative estimate of drug-likeness (QED) is 0.779. The number of ether oxygens (including phenoxy) is 1. The number of benzene rings is 1. The van der Waals surface area contributed by atoms with E-state index in [1.807, 2.05) is 43.3 Å². The van der Waals surface area contributed by atoms with Gasteiger partial charge in [-0.15, -0.1) is 5.10 Å². The Morgan fingerprint density at radius 3 is 2.81 bits per heavy atom. The van der Waals surface area contributed by atoms with Crippen LogP contribution in [0.15, 0.2) is 55.0 Å². The van der Waals surface area contributed by atoms with Crippen LogP contribution >= 0.6 is 0 Å². The van der Waals surface area contributed by atoms with Crippen LogP contribution in [0.2, 0.25) is 0 Å². The molecule has 0 saturated carbocycles. The van der Waals surface area contributed by atoms with Crippen LogP contribution in [0.3, 0.4) is 0 Å². The molecule has 21 heavy (non-hydrogen) atoms. The summed E-state index contributed by atoms with van der Waals surface area (Å²) < 4.78 is 7.31. The first-order valence-corrected chi connectivity index (χ1v) is 6.70. The smallest absolute Gasteiger partial charge is 0.341 e. The number of nitrogens with zero attached hydrogens (tertiary/aromatic N) is 4. The average Bonchev–Trinajstić information content (AvgIpc) is 2.97. The Labute approximate surface area is 122 Å². The zero-order chi connectivity index (χ0) is 14.5. The molecule has 0 atom stereocenters. The molecule has 0 spiro atoms. The Bertz CT molecular complexity index is 711. The lowest BCUT2D eigenvalue weighted by Gasteiger charge is -2.04. The average molecular weight is 281 g/mol. The van der Waals surface area contributed by atoms with Crippen molar-refractivity contribution in [3.63, 3.8) is 0 Å². The SMILES string of the molecule is CCNc1cc(Oc2ncn(-c3ccccc3)n2)ccn1. The maximum Gasteiger partial charge on any atom is 0.341 e. The number of hydrogen-bond donors (Lipinski definition) is 1. The Morgan fingerprint density at radius 1 is 1.14 bits per heavy atom. The van der Waals surface area contributed by atoms with Gasteiger partial charge in [0.15, 0.2) is 0 Å². The van der Waals surface area contributed by atoms with E-state index >= 15 is 0 Å². The molecule has 106 valence electrons. The van der Waals surface area contributed by atoms with Gasteiger partial charge >= 0.3 is 6.01 Å². The molecule has 1 N–H and O–H groups in total. The lowest BCUT2D eigenvalue weighted by molar-refractivity contribution is 0.441. The third-order valence-electron chi connectivity index (χ3n) is 2.79. The highest BCUT2D eigenvalue weighted by atomic mass is 16.5. The van der Waals surface area contributed by atoms with E-state index in [4.69, 9.17) is 4.74 Å². The highest BCUT2D eigenvalue weighted by Gasteiger charge is 2.05. The first-order valence-electron chi connectivity index (χ1n) is 6.70. The Kier molecular flexibility index (Phi) is 3.77. The molecule has 0 fully saturated rings. The second-order valence-corrected chi connectivity index (χ2v) is 4.32. The zero-order valence-corrected chi connectivity index (χ0v) is 11.6. The van der Waals surface area contributed by atoms with E-state index in [-0.39, 0.29) is 0 Å². The number of rotatable bonds is 5. The van der Waals surface area contributed by atoms with Crippen LogP contribution in [0.5, 0.6) is 11.8 Å². The van der Waals surface area contributed by atoms with E-state index in [1.54, 1.807) is 23.3 Å². The van der Waals surface area contributed by atoms with Crippen molar-refractivity contribution in [2.45, 2.75) is 6.92 Å². The van der Waals surface area contributed by atoms with Crippen molar-refractivity contribution < 1.29 is 4.74 Å². The molecule has 6 nitrogen and oxygen atoms in total. The van der Waals surface area contributed by atoms with Crippen molar-refractivity contribution in [2.75, 3.05) is 11.9 Å². The Balaban J connectivity index is 1.77. The normalized spacial score (nSPS) is 10.3. The highest BCUT2D eigenvalue weighted by Crippen LogP contribution is 2.20. The van der Waals surface area contributed by atoms with Gasteiger partial charge in [-0.3, -0.25) is 0 Å². The van der Waals surface area contributed by atoms with E-state index in [0.29, 0.717) is 11.8 Å². The fourth-order valence-electron chi connectivity index (χ4n) is 1.86. The van der Waals surface area contributed by atoms with Gasteiger partial charge in [0.25, 0.3) is 0 Å². The van der Waals surface area contributed by atoms with Crippen LogP contribution in [0.25, 0.3) is 5.69 Å². The Hall–Kier alpha value is -2.89. The number of pyridine rings is 1. The molecular weight excluding hydrogens is 266 g/mol. The minimum absolute atomic E-state index is 0.299. The van der Waals surface area contributed by atoms with Crippen LogP contribution in [0, 0.1) is 0 Å². The van der Waals surface area contributed by atoms with Gasteiger partial charge in [-0.1, -0.05) is 18.2 Å². The molecule has 0 amide bonds. The summed E-state index contributed by atoms with van der Waals surface area (Å²) in [4.78, 5) is 8.34. The van der Waals surface area contributed by atoms with E-state index in [1.165, 1.54) is 0 Å². The van der Waals surface area contributed by atoms with Gasteiger partial charge in [0.1, 0.15) is 17.9 Å². The number of para-hydroxylation sites is 1. The van der Waals surface area contributed by atoms with E-state index in [0.717, 1.165) is 18.1 Å². The van der Waals surface area contributed by atoms with Gasteiger partial charge in [0.2, 0.25) is 0 Å². The molecule has 1 aromatic carbocycles. The van der Waals surface area contributed by atoms with Gasteiger partial charge in [-0.25, -0.2) is 9.67 Å². The molecule has 3 aromatic rings. The summed E-state index contributed by atoms with van der Waals surface area (Å²) in [6, 6.07) is 13.6. The number of aromatic nitrogens is 4. The molecule has 2 aromatic heterocycles. The summed E-state index contributed by atoms with van der Waals surface area (Å²) >= 11 is 0. The lowest BCUT2D eigenvalue weighted by Crippen LogP contribution is -1.99. The minimum atomic E-state index is 0.299. The summed E-state index contributed by atoms with van der Waals surface area (Å²) in [6.45, 7) is 2.82. The molecular formula is C15H15N5O. The van der Waals surface area contributed by atoms with Crippen molar-refractivity contribution in [1.29, 1.82) is 0 Å². The molecule has 0 saturated heterocycles. The second kappa shape index (κ2) is 6.04. The summed E-state index contributed by atoms with van der Waals surface area (Å²) in [5.41, 5.74) is 0.933. The molecule has 0 aliphatic rings. The van der Waals surface area contributed by atoms with Crippen LogP contribution in [0.1, 0.15) is 6.92 Å². The fraction of sp³-hybridized carbons (Fsp3) is 0.133. The summed E-state index contributed by atoms with van der Waals surface area (Å²) in [6.07, 6.45) is 3.30. The molecule has 0 aliphatic heterocycles. The maximum absolute atomic E-state index is 5.64. The number of anilines is 1. The predicted octanol–water partition coefficient (Wildman–Crippen LogP) is 2.89. The van der Waals surface area contributed by atoms with Crippen molar-refractivity contribution in [2.24, 2.45) is 0 Å². The first kappa shape index (κ1) is 13.1. The minimum Gasteiger partial charge on any atom is -0.423 e. The zero-order valence-electron chi connectivity index (χ0n) is 11.6. The summed E-state index contributed by atoms with van der Waals surface area (Å²) in [7, 11) is 0. The van der Waals surface area contributed by atoms with Gasteiger partial charge in [0, 0.05) is 18.8 Å². The molecule has 3 rings (SSSR count). The topological polar surface area (TPSA) is 64.9 Å². The third kappa shape index (κ3) is 3.17. The lowest BCUT2D eigenvalue weighted by atomic mass is 10.3. The van der Waals surface area contributed by atoms with Crippen molar-refractivity contribution >= 4 is 5.82 Å². The third-order valence-corrected chi connectivity index (χ3v) is 2.79. The molecule has 0 aliphatic carbocycles. The van der Waals surface area contributed by atoms with Crippen LogP contribution in [-0.4, -0.2) is 26.3 Å². The molecule has 6 heteroatoms. The standard InChI is InChI=1S/C15H15N5O/c1-2-16-14-10-13(8-9-17-14)21-15-18-11-20(19-15)12-6-4-3-5-7-12/h3-11H,2H2,1H3,(H,16,17). The van der Waals surface area contributed by atoms with Gasteiger partial charge in [-0.2, -0.15) is 4.98 Å². The van der Waals surface area contributed by atoms with Crippen LogP contribution in [0.4, 0.5) is 5.82 Å².